The van der Waals surface area contributed by atoms with Gasteiger partial charge < -0.3 is 24.6 Å². The lowest BCUT2D eigenvalue weighted by atomic mass is 10.1. The van der Waals surface area contributed by atoms with Crippen molar-refractivity contribution in [2.24, 2.45) is 0 Å². The lowest BCUT2D eigenvalue weighted by Gasteiger charge is -2.23. The van der Waals surface area contributed by atoms with Crippen molar-refractivity contribution in [3.05, 3.63) is 70.4 Å². The molecule has 1 heterocycles. The van der Waals surface area contributed by atoms with Crippen molar-refractivity contribution in [2.45, 2.75) is 51.8 Å². The van der Waals surface area contributed by atoms with Crippen molar-refractivity contribution in [3.8, 4) is 17.1 Å². The second-order valence-corrected chi connectivity index (χ2v) is 10.6. The first-order valence-corrected chi connectivity index (χ1v) is 13.0. The summed E-state index contributed by atoms with van der Waals surface area (Å²) in [6, 6.07) is 4.88. The summed E-state index contributed by atoms with van der Waals surface area (Å²) in [7, 11) is 0. The lowest BCUT2D eigenvalue weighted by Crippen LogP contribution is -2.52. The number of amides is 2. The number of ketones is 1. The number of ether oxygens (including phenoxy) is 2. The Morgan fingerprint density at radius 1 is 1.00 bits per heavy atom. The zero-order chi connectivity index (χ0) is 32.1. The number of carbonyl (C=O) groups excluding carboxylic acids is 4. The quantitative estimate of drug-likeness (QED) is 0.180. The third kappa shape index (κ3) is 8.77. The molecular formula is C28H26ClF4N3O7. The van der Waals surface area contributed by atoms with Crippen LogP contribution in [0, 0.1) is 23.3 Å². The van der Waals surface area contributed by atoms with E-state index in [4.69, 9.17) is 20.9 Å². The average Bonchev–Trinajstić information content (AvgIpc) is 3.41. The van der Waals surface area contributed by atoms with Crippen LogP contribution in [0.15, 0.2) is 40.9 Å². The number of esters is 1. The van der Waals surface area contributed by atoms with E-state index in [1.54, 1.807) is 45.0 Å². The molecule has 3 aromatic rings. The molecule has 15 heteroatoms. The molecule has 1 aromatic heterocycles. The number of rotatable bonds is 11. The second-order valence-electron chi connectivity index (χ2n) is 10.2. The molecule has 2 N–H and O–H groups in total. The third-order valence-electron chi connectivity index (χ3n) is 5.55. The maximum absolute atomic E-state index is 14.0. The highest BCUT2D eigenvalue weighted by Gasteiger charge is 2.31. The molecule has 0 fully saturated rings. The van der Waals surface area contributed by atoms with E-state index in [9.17, 15) is 36.7 Å². The van der Waals surface area contributed by atoms with Crippen LogP contribution < -0.4 is 15.4 Å². The molecule has 0 radical (unpaired) electrons. The summed E-state index contributed by atoms with van der Waals surface area (Å²) < 4.78 is 70.0. The van der Waals surface area contributed by atoms with Crippen LogP contribution in [-0.4, -0.2) is 53.0 Å². The first-order valence-electron chi connectivity index (χ1n) is 12.6. The average molecular weight is 628 g/mol. The topological polar surface area (TPSA) is 137 Å². The Hall–Kier alpha value is -4.46. The van der Waals surface area contributed by atoms with Gasteiger partial charge >= 0.3 is 5.97 Å². The van der Waals surface area contributed by atoms with Crippen molar-refractivity contribution >= 4 is 35.2 Å². The number of hydrogen-bond donors (Lipinski definition) is 2. The summed E-state index contributed by atoms with van der Waals surface area (Å²) in [6.45, 7) is 4.70. The van der Waals surface area contributed by atoms with Crippen LogP contribution >= 0.6 is 11.6 Å². The van der Waals surface area contributed by atoms with Gasteiger partial charge in [0.15, 0.2) is 34.6 Å². The largest absolute Gasteiger partial charge is 0.479 e. The van der Waals surface area contributed by atoms with Crippen molar-refractivity contribution in [3.63, 3.8) is 0 Å². The second kappa shape index (κ2) is 13.7. The SMILES string of the molecule is C[C@H](NC(=O)c1cc(-c2ccccc2Cl)on1)C(=O)N[C@@H](CC(=O)OC(C)(C)C)C(=O)COc1c(F)c(F)cc(F)c1F. The Kier molecular flexibility index (Phi) is 10.5. The van der Waals surface area contributed by atoms with Crippen molar-refractivity contribution in [2.75, 3.05) is 6.61 Å². The molecule has 0 spiro atoms. The van der Waals surface area contributed by atoms with Gasteiger partial charge in [-0.3, -0.25) is 19.2 Å². The van der Waals surface area contributed by atoms with Gasteiger partial charge in [-0.2, -0.15) is 8.78 Å². The predicted octanol–water partition coefficient (Wildman–Crippen LogP) is 4.53. The van der Waals surface area contributed by atoms with Gasteiger partial charge in [-0.1, -0.05) is 28.9 Å². The minimum Gasteiger partial charge on any atom is -0.479 e. The predicted molar refractivity (Wildman–Crippen MR) is 143 cm³/mol. The molecule has 2 amide bonds. The molecule has 10 nitrogen and oxygen atoms in total. The summed E-state index contributed by atoms with van der Waals surface area (Å²) >= 11 is 6.12. The highest BCUT2D eigenvalue weighted by Crippen LogP contribution is 2.28. The van der Waals surface area contributed by atoms with E-state index >= 15 is 0 Å². The molecule has 0 unspecified atom stereocenters. The number of aromatic nitrogens is 1. The van der Waals surface area contributed by atoms with Gasteiger partial charge in [0.2, 0.25) is 17.5 Å². The Labute approximate surface area is 247 Å². The van der Waals surface area contributed by atoms with E-state index in [-0.39, 0.29) is 17.5 Å². The van der Waals surface area contributed by atoms with Crippen LogP contribution in [0.3, 0.4) is 0 Å². The molecule has 230 valence electrons. The molecule has 3 rings (SSSR count). The molecule has 0 saturated heterocycles. The Bertz CT molecular complexity index is 1510. The first kappa shape index (κ1) is 33.0. The number of hydrogen-bond acceptors (Lipinski definition) is 8. The van der Waals surface area contributed by atoms with Gasteiger partial charge in [0.05, 0.1) is 11.4 Å². The van der Waals surface area contributed by atoms with Gasteiger partial charge in [-0.25, -0.2) is 8.78 Å². The normalized spacial score (nSPS) is 12.7. The number of nitrogens with one attached hydrogen (secondary N) is 2. The number of nitrogens with zero attached hydrogens (tertiary/aromatic N) is 1. The molecule has 0 aliphatic rings. The van der Waals surface area contributed by atoms with E-state index in [0.717, 1.165) is 0 Å². The van der Waals surface area contributed by atoms with Gasteiger partial charge in [0, 0.05) is 17.7 Å². The molecule has 0 aliphatic heterocycles. The van der Waals surface area contributed by atoms with Crippen molar-refractivity contribution in [1.29, 1.82) is 0 Å². The number of benzene rings is 2. The molecular weight excluding hydrogens is 602 g/mol. The maximum Gasteiger partial charge on any atom is 0.308 e. The highest BCUT2D eigenvalue weighted by atomic mass is 35.5. The minimum absolute atomic E-state index is 0.0444. The van der Waals surface area contributed by atoms with Crippen LogP contribution in [0.2, 0.25) is 5.02 Å². The fourth-order valence-electron chi connectivity index (χ4n) is 3.52. The minimum atomic E-state index is -1.89. The number of Topliss-reactive ketones (excluding diaryl/α,β-unsaturated/α-hetero) is 1. The van der Waals surface area contributed by atoms with E-state index in [1.165, 1.54) is 13.0 Å². The first-order chi connectivity index (χ1) is 20.1. The summed E-state index contributed by atoms with van der Waals surface area (Å²) in [5.41, 5.74) is -0.707. The summed E-state index contributed by atoms with van der Waals surface area (Å²) in [6.07, 6.45) is -0.751. The standard InChI is InChI=1S/C28H26ClF4N3O7/c1-13(34-27(40)19-10-21(43-36-19)14-7-5-6-8-15(14)29)26(39)35-18(11-22(38)42-28(2,3)4)20(37)12-41-25-23(32)16(30)9-17(31)24(25)33/h5-10,13,18H,11-12H2,1-4H3,(H,34,40)(H,35,39)/t13-,18-/m0/s1. The van der Waals surface area contributed by atoms with E-state index < -0.39 is 83.3 Å². The zero-order valence-corrected chi connectivity index (χ0v) is 24.0. The van der Waals surface area contributed by atoms with Crippen LogP contribution in [0.1, 0.15) is 44.6 Å². The maximum atomic E-state index is 14.0. The van der Waals surface area contributed by atoms with Crippen LogP contribution in [0.5, 0.6) is 5.75 Å². The lowest BCUT2D eigenvalue weighted by molar-refractivity contribution is -0.156. The van der Waals surface area contributed by atoms with Crippen molar-refractivity contribution in [1.82, 2.24) is 15.8 Å². The Morgan fingerprint density at radius 2 is 1.63 bits per heavy atom. The zero-order valence-electron chi connectivity index (χ0n) is 23.2. The van der Waals surface area contributed by atoms with Gasteiger partial charge in [-0.05, 0) is 39.8 Å². The molecule has 43 heavy (non-hydrogen) atoms. The Balaban J connectivity index is 1.71. The smallest absolute Gasteiger partial charge is 0.308 e. The summed E-state index contributed by atoms with van der Waals surface area (Å²) in [5.74, 6) is -12.5. The number of halogens is 5. The van der Waals surface area contributed by atoms with Crippen LogP contribution in [0.4, 0.5) is 17.6 Å². The van der Waals surface area contributed by atoms with E-state index in [1.807, 2.05) is 0 Å². The monoisotopic (exact) mass is 627 g/mol. The molecule has 0 saturated carbocycles. The molecule has 0 aliphatic carbocycles. The van der Waals surface area contributed by atoms with Gasteiger partial charge in [-0.15, -0.1) is 0 Å². The van der Waals surface area contributed by atoms with Crippen molar-refractivity contribution < 1.29 is 50.7 Å². The fourth-order valence-corrected chi connectivity index (χ4v) is 3.75. The van der Waals surface area contributed by atoms with E-state index in [0.29, 0.717) is 10.6 Å². The van der Waals surface area contributed by atoms with Gasteiger partial charge in [0.25, 0.3) is 5.91 Å². The third-order valence-corrected chi connectivity index (χ3v) is 5.88. The highest BCUT2D eigenvalue weighted by molar-refractivity contribution is 6.33. The van der Waals surface area contributed by atoms with Crippen LogP contribution in [-0.2, 0) is 19.1 Å². The van der Waals surface area contributed by atoms with Crippen LogP contribution in [0.25, 0.3) is 11.3 Å². The fraction of sp³-hybridized carbons (Fsp3) is 0.321. The summed E-state index contributed by atoms with van der Waals surface area (Å²) in [5, 5.41) is 8.59. The number of carbonyl (C=O) groups is 4. The summed E-state index contributed by atoms with van der Waals surface area (Å²) in [4.78, 5) is 50.9. The van der Waals surface area contributed by atoms with E-state index in [2.05, 4.69) is 20.5 Å². The molecule has 2 atom stereocenters. The Morgan fingerprint density at radius 3 is 2.23 bits per heavy atom. The molecule has 2 aromatic carbocycles. The van der Waals surface area contributed by atoms with Gasteiger partial charge in [0.1, 0.15) is 24.3 Å². The molecule has 0 bridgehead atoms.